The van der Waals surface area contributed by atoms with E-state index in [2.05, 4.69) is 15.1 Å². The molecule has 2 heterocycles. The lowest BCUT2D eigenvalue weighted by atomic mass is 10.0. The van der Waals surface area contributed by atoms with Crippen LogP contribution in [0.4, 0.5) is 5.69 Å². The van der Waals surface area contributed by atoms with Crippen LogP contribution in [0.2, 0.25) is 0 Å². The summed E-state index contributed by atoms with van der Waals surface area (Å²) in [6, 6.07) is 21.4. The van der Waals surface area contributed by atoms with E-state index in [0.717, 1.165) is 33.1 Å². The van der Waals surface area contributed by atoms with Gasteiger partial charge in [-0.05, 0) is 46.5 Å². The lowest BCUT2D eigenvalue weighted by molar-refractivity contribution is 0.101. The molecule has 0 unspecified atom stereocenters. The third-order valence-electron chi connectivity index (χ3n) is 4.81. The van der Waals surface area contributed by atoms with Gasteiger partial charge in [0.25, 0.3) is 15.9 Å². The summed E-state index contributed by atoms with van der Waals surface area (Å²) in [5.41, 5.74) is 4.67. The normalized spacial score (nSPS) is 11.6. The number of aromatic nitrogens is 2. The molecule has 3 aromatic carbocycles. The first kappa shape index (κ1) is 19.3. The molecule has 0 aliphatic carbocycles. The van der Waals surface area contributed by atoms with Crippen LogP contribution < -0.4 is 10.1 Å². The zero-order valence-corrected chi connectivity index (χ0v) is 17.7. The van der Waals surface area contributed by atoms with Crippen molar-refractivity contribution in [1.82, 2.24) is 9.66 Å². The van der Waals surface area contributed by atoms with E-state index in [4.69, 9.17) is 0 Å². The fourth-order valence-electron chi connectivity index (χ4n) is 3.34. The van der Waals surface area contributed by atoms with Crippen molar-refractivity contribution in [2.45, 2.75) is 4.21 Å². The van der Waals surface area contributed by atoms with Gasteiger partial charge in [-0.1, -0.05) is 42.5 Å². The highest BCUT2D eigenvalue weighted by Gasteiger charge is 2.21. The first-order valence-electron chi connectivity index (χ1n) is 9.34. The minimum atomic E-state index is -3.82. The summed E-state index contributed by atoms with van der Waals surface area (Å²) in [5, 5.41) is 3.32. The van der Waals surface area contributed by atoms with Crippen molar-refractivity contribution in [3.05, 3.63) is 90.1 Å². The summed E-state index contributed by atoms with van der Waals surface area (Å²) in [6.07, 6.45) is 1.51. The number of hydrogen-bond donors (Lipinski definition) is 2. The Kier molecular flexibility index (Phi) is 4.68. The minimum absolute atomic E-state index is 0.174. The summed E-state index contributed by atoms with van der Waals surface area (Å²) in [7, 11) is -3.82. The number of thiophene rings is 1. The van der Waals surface area contributed by atoms with Gasteiger partial charge < -0.3 is 0 Å². The fourth-order valence-corrected chi connectivity index (χ4v) is 5.41. The number of benzene rings is 3. The van der Waals surface area contributed by atoms with Crippen LogP contribution in [0.1, 0.15) is 10.4 Å². The van der Waals surface area contributed by atoms with E-state index < -0.39 is 15.9 Å². The number of sulfonamides is 1. The highest BCUT2D eigenvalue weighted by atomic mass is 32.2. The van der Waals surface area contributed by atoms with Crippen LogP contribution in [0.3, 0.4) is 0 Å². The van der Waals surface area contributed by atoms with Crippen molar-refractivity contribution >= 4 is 54.8 Å². The molecule has 1 amide bonds. The van der Waals surface area contributed by atoms with E-state index in [1.54, 1.807) is 23.6 Å². The number of hydrogen-bond acceptors (Lipinski definition) is 5. The molecule has 2 N–H and O–H groups in total. The predicted molar refractivity (Wildman–Crippen MR) is 122 cm³/mol. The smallest absolute Gasteiger partial charge is 0.272 e. The molecule has 0 fully saturated rings. The summed E-state index contributed by atoms with van der Waals surface area (Å²) < 4.78 is 29.9. The lowest BCUT2D eigenvalue weighted by Crippen LogP contribution is -2.24. The third-order valence-corrected chi connectivity index (χ3v) is 7.57. The maximum Gasteiger partial charge on any atom is 0.272 e. The van der Waals surface area contributed by atoms with E-state index in [1.807, 2.05) is 48.5 Å². The molecular weight excluding hydrogens is 432 g/mol. The van der Waals surface area contributed by atoms with Crippen molar-refractivity contribution in [3.8, 4) is 0 Å². The molecule has 9 heteroatoms. The van der Waals surface area contributed by atoms with Gasteiger partial charge >= 0.3 is 0 Å². The number of carbonyl (C=O) groups is 1. The molecule has 0 spiro atoms. The number of anilines is 1. The summed E-state index contributed by atoms with van der Waals surface area (Å²) in [6.45, 7) is 0. The second-order valence-electron chi connectivity index (χ2n) is 6.83. The van der Waals surface area contributed by atoms with E-state index in [-0.39, 0.29) is 15.5 Å². The SMILES string of the molecule is O=C(Nn1cnc2ccccc21)c1cc2ccccc2cc1NS(=O)(=O)c1cccs1. The zero-order valence-electron chi connectivity index (χ0n) is 16.0. The Balaban J connectivity index is 1.58. The number of amides is 1. The summed E-state index contributed by atoms with van der Waals surface area (Å²) >= 11 is 1.11. The fraction of sp³-hybridized carbons (Fsp3) is 0. The van der Waals surface area contributed by atoms with Gasteiger partial charge in [0.2, 0.25) is 0 Å². The zero-order chi connectivity index (χ0) is 21.4. The van der Waals surface area contributed by atoms with Crippen molar-refractivity contribution in [2.24, 2.45) is 0 Å². The van der Waals surface area contributed by atoms with Crippen molar-refractivity contribution in [2.75, 3.05) is 10.1 Å². The van der Waals surface area contributed by atoms with E-state index in [9.17, 15) is 13.2 Å². The van der Waals surface area contributed by atoms with Gasteiger partial charge in [0.15, 0.2) is 0 Å². The largest absolute Gasteiger partial charge is 0.278 e. The Bertz CT molecular complexity index is 1520. The highest BCUT2D eigenvalue weighted by Crippen LogP contribution is 2.28. The first-order valence-corrected chi connectivity index (χ1v) is 11.7. The molecule has 0 saturated carbocycles. The molecule has 31 heavy (non-hydrogen) atoms. The number of carbonyl (C=O) groups excluding carboxylic acids is 1. The van der Waals surface area contributed by atoms with Crippen molar-refractivity contribution < 1.29 is 13.2 Å². The van der Waals surface area contributed by atoms with Gasteiger partial charge in [-0.15, -0.1) is 11.3 Å². The maximum absolute atomic E-state index is 13.2. The minimum Gasteiger partial charge on any atom is -0.278 e. The Labute approximate surface area is 182 Å². The number of para-hydroxylation sites is 2. The second-order valence-corrected chi connectivity index (χ2v) is 9.68. The van der Waals surface area contributed by atoms with Gasteiger partial charge in [-0.3, -0.25) is 14.9 Å². The number of imidazole rings is 1. The highest BCUT2D eigenvalue weighted by molar-refractivity contribution is 7.94. The standard InChI is InChI=1S/C22H16N4O3S2/c27-22(24-26-14-23-18-8-3-4-9-20(18)26)17-12-15-6-1-2-7-16(15)13-19(17)25-31(28,29)21-10-5-11-30-21/h1-14,25H,(H,24,27). The third kappa shape index (κ3) is 3.65. The van der Waals surface area contributed by atoms with Gasteiger partial charge in [0.1, 0.15) is 10.5 Å². The van der Waals surface area contributed by atoms with Crippen molar-refractivity contribution in [1.29, 1.82) is 0 Å². The molecular formula is C22H16N4O3S2. The number of rotatable bonds is 5. The molecule has 7 nitrogen and oxygen atoms in total. The molecule has 0 saturated heterocycles. The van der Waals surface area contributed by atoms with E-state index >= 15 is 0 Å². The van der Waals surface area contributed by atoms with Crippen LogP contribution in [0.25, 0.3) is 21.8 Å². The van der Waals surface area contributed by atoms with E-state index in [0.29, 0.717) is 0 Å². The van der Waals surface area contributed by atoms with Crippen LogP contribution in [0, 0.1) is 0 Å². The molecule has 2 aromatic heterocycles. The molecule has 154 valence electrons. The number of nitrogens with one attached hydrogen (secondary N) is 2. The van der Waals surface area contributed by atoms with Gasteiger partial charge in [-0.2, -0.15) is 0 Å². The van der Waals surface area contributed by atoms with Gasteiger partial charge in [-0.25, -0.2) is 18.1 Å². The maximum atomic E-state index is 13.2. The summed E-state index contributed by atoms with van der Waals surface area (Å²) in [4.78, 5) is 17.5. The molecule has 0 aliphatic rings. The lowest BCUT2D eigenvalue weighted by Gasteiger charge is -2.14. The van der Waals surface area contributed by atoms with Crippen molar-refractivity contribution in [3.63, 3.8) is 0 Å². The van der Waals surface area contributed by atoms with Crippen LogP contribution >= 0.6 is 11.3 Å². The molecule has 0 bridgehead atoms. The number of fused-ring (bicyclic) bond motifs is 2. The molecule has 5 rings (SSSR count). The van der Waals surface area contributed by atoms with Crippen LogP contribution in [0.15, 0.2) is 88.7 Å². The van der Waals surface area contributed by atoms with Gasteiger partial charge in [0.05, 0.1) is 22.3 Å². The van der Waals surface area contributed by atoms with Crippen LogP contribution in [-0.4, -0.2) is 24.0 Å². The topological polar surface area (TPSA) is 93.1 Å². The average molecular weight is 449 g/mol. The Hall–Kier alpha value is -3.69. The monoisotopic (exact) mass is 448 g/mol. The van der Waals surface area contributed by atoms with E-state index in [1.165, 1.54) is 17.1 Å². The Morgan fingerprint density at radius 2 is 1.68 bits per heavy atom. The second kappa shape index (κ2) is 7.53. The molecule has 5 aromatic rings. The predicted octanol–water partition coefficient (Wildman–Crippen LogP) is 4.44. The molecule has 0 radical (unpaired) electrons. The van der Waals surface area contributed by atoms with Crippen LogP contribution in [0.5, 0.6) is 0 Å². The Morgan fingerprint density at radius 3 is 2.45 bits per heavy atom. The van der Waals surface area contributed by atoms with Crippen LogP contribution in [-0.2, 0) is 10.0 Å². The Morgan fingerprint density at radius 1 is 0.935 bits per heavy atom. The molecule has 0 aliphatic heterocycles. The number of nitrogens with zero attached hydrogens (tertiary/aromatic N) is 2. The summed E-state index contributed by atoms with van der Waals surface area (Å²) in [5.74, 6) is -0.460. The first-order chi connectivity index (χ1) is 15.0. The van der Waals surface area contributed by atoms with Gasteiger partial charge in [0, 0.05) is 0 Å². The quantitative estimate of drug-likeness (QED) is 0.416. The molecule has 0 atom stereocenters. The average Bonchev–Trinajstić information content (AvgIpc) is 3.44.